The van der Waals surface area contributed by atoms with Crippen LogP contribution in [0, 0.1) is 0 Å². The summed E-state index contributed by atoms with van der Waals surface area (Å²) in [5, 5.41) is 3.67. The number of aromatic nitrogens is 1. The summed E-state index contributed by atoms with van der Waals surface area (Å²) < 4.78 is 18.9. The summed E-state index contributed by atoms with van der Waals surface area (Å²) in [5.74, 6) is -0.417. The normalized spacial score (nSPS) is 12.9. The zero-order valence-corrected chi connectivity index (χ0v) is 29.1. The maximum atomic E-state index is 13.9. The van der Waals surface area contributed by atoms with Crippen LogP contribution < -0.4 is 10.1 Å². The molecule has 0 fully saturated rings. The summed E-state index contributed by atoms with van der Waals surface area (Å²) in [6, 6.07) is 31.1. The minimum Gasteiger partial charge on any atom is -0.497 e. The number of likely N-dealkylation sites (N-methyl/N-ethyl adjacent to an activating group) is 1. The number of carbonyl (C=O) groups excluding carboxylic acids is 3. The molecule has 1 aliphatic rings. The minimum atomic E-state index is -0.982. The molecule has 1 aliphatic carbocycles. The van der Waals surface area contributed by atoms with Gasteiger partial charge in [0.1, 0.15) is 30.5 Å². The number of hydrogen-bond donors (Lipinski definition) is 1. The summed E-state index contributed by atoms with van der Waals surface area (Å²) in [4.78, 5) is 41.5. The van der Waals surface area contributed by atoms with Gasteiger partial charge in [-0.15, -0.1) is 0 Å². The molecular formula is C41H43N3O6. The second-order valence-electron chi connectivity index (χ2n) is 13.6. The van der Waals surface area contributed by atoms with Crippen LogP contribution in [0.1, 0.15) is 48.9 Å². The van der Waals surface area contributed by atoms with Crippen molar-refractivity contribution in [3.8, 4) is 16.9 Å². The fraction of sp³-hybridized carbons (Fsp3) is 0.293. The van der Waals surface area contributed by atoms with Gasteiger partial charge in [-0.25, -0.2) is 4.79 Å². The van der Waals surface area contributed by atoms with Gasteiger partial charge in [-0.1, -0.05) is 78.9 Å². The van der Waals surface area contributed by atoms with E-state index in [-0.39, 0.29) is 25.5 Å². The van der Waals surface area contributed by atoms with E-state index in [9.17, 15) is 14.4 Å². The summed E-state index contributed by atoms with van der Waals surface area (Å²) in [7, 11) is 3.20. The van der Waals surface area contributed by atoms with Crippen LogP contribution >= 0.6 is 0 Å². The lowest BCUT2D eigenvalue weighted by Gasteiger charge is -2.27. The molecule has 50 heavy (non-hydrogen) atoms. The van der Waals surface area contributed by atoms with Gasteiger partial charge in [0.2, 0.25) is 5.91 Å². The van der Waals surface area contributed by atoms with Crippen molar-refractivity contribution in [1.29, 1.82) is 0 Å². The van der Waals surface area contributed by atoms with E-state index in [4.69, 9.17) is 14.2 Å². The SMILES string of the molecule is COc1cccc(Cn2cc(CC(C(=O)NCC(=O)OC(C)(C)C)N(C)C(=O)OCC3c4ccccc4-c4ccccc43)c3ccccc32)c1. The first kappa shape index (κ1) is 34.3. The molecule has 9 heteroatoms. The molecule has 0 saturated carbocycles. The highest BCUT2D eigenvalue weighted by Crippen LogP contribution is 2.44. The molecule has 0 radical (unpaired) electrons. The highest BCUT2D eigenvalue weighted by Gasteiger charge is 2.33. The predicted octanol–water partition coefficient (Wildman–Crippen LogP) is 6.95. The molecule has 9 nitrogen and oxygen atoms in total. The molecule has 1 heterocycles. The Balaban J connectivity index is 1.25. The number of rotatable bonds is 11. The Morgan fingerprint density at radius 2 is 1.54 bits per heavy atom. The van der Waals surface area contributed by atoms with Crippen LogP contribution in [-0.2, 0) is 32.0 Å². The zero-order chi connectivity index (χ0) is 35.4. The molecule has 0 bridgehead atoms. The molecule has 0 saturated heterocycles. The number of nitrogens with one attached hydrogen (secondary N) is 1. The maximum Gasteiger partial charge on any atom is 0.410 e. The number of ether oxygens (including phenoxy) is 3. The third kappa shape index (κ3) is 7.52. The van der Waals surface area contributed by atoms with E-state index in [2.05, 4.69) is 34.1 Å². The fourth-order valence-electron chi connectivity index (χ4n) is 6.68. The van der Waals surface area contributed by atoms with Crippen LogP contribution in [0.5, 0.6) is 5.75 Å². The fourth-order valence-corrected chi connectivity index (χ4v) is 6.68. The van der Waals surface area contributed by atoms with Crippen LogP contribution in [0.3, 0.4) is 0 Å². The van der Waals surface area contributed by atoms with E-state index >= 15 is 0 Å². The summed E-state index contributed by atoms with van der Waals surface area (Å²) in [6.07, 6.45) is 1.57. The highest BCUT2D eigenvalue weighted by atomic mass is 16.6. The Bertz CT molecular complexity index is 1980. The second kappa shape index (κ2) is 14.5. The predicted molar refractivity (Wildman–Crippen MR) is 193 cm³/mol. The Morgan fingerprint density at radius 1 is 0.880 bits per heavy atom. The number of para-hydroxylation sites is 1. The number of amides is 2. The van der Waals surface area contributed by atoms with Gasteiger partial charge < -0.3 is 24.1 Å². The molecular weight excluding hydrogens is 630 g/mol. The summed E-state index contributed by atoms with van der Waals surface area (Å²) in [5.41, 5.74) is 6.66. The summed E-state index contributed by atoms with van der Waals surface area (Å²) >= 11 is 0. The van der Waals surface area contributed by atoms with Crippen LogP contribution in [0.4, 0.5) is 4.79 Å². The van der Waals surface area contributed by atoms with Crippen molar-refractivity contribution >= 4 is 28.9 Å². The van der Waals surface area contributed by atoms with E-state index in [0.29, 0.717) is 6.54 Å². The summed E-state index contributed by atoms with van der Waals surface area (Å²) in [6.45, 7) is 5.66. The number of carbonyl (C=O) groups is 3. The number of esters is 1. The standard InChI is InChI=1S/C41H43N3O6/c1-41(2,3)50-38(45)23-42-39(46)37(22-28-25-44(36-20-11-10-15-30(28)36)24-27-13-12-14-29(21-27)48-5)43(4)40(47)49-26-35-33-18-8-6-16-31(33)32-17-7-9-19-34(32)35/h6-21,25,35,37H,22-24,26H2,1-5H3,(H,42,46). The Hall–Kier alpha value is -5.57. The average molecular weight is 674 g/mol. The van der Waals surface area contributed by atoms with Gasteiger partial charge in [0.15, 0.2) is 0 Å². The molecule has 1 unspecified atom stereocenters. The number of nitrogens with zero attached hydrogens (tertiary/aromatic N) is 2. The molecule has 1 N–H and O–H groups in total. The van der Waals surface area contributed by atoms with Crippen LogP contribution in [0.15, 0.2) is 103 Å². The molecule has 0 spiro atoms. The molecule has 5 aromatic rings. The first-order valence-electron chi connectivity index (χ1n) is 16.8. The third-order valence-corrected chi connectivity index (χ3v) is 8.99. The van der Waals surface area contributed by atoms with Gasteiger partial charge >= 0.3 is 12.1 Å². The molecule has 4 aromatic carbocycles. The molecule has 1 atom stereocenters. The van der Waals surface area contributed by atoms with Gasteiger partial charge in [0.05, 0.1) is 7.11 Å². The lowest BCUT2D eigenvalue weighted by Crippen LogP contribution is -2.50. The van der Waals surface area contributed by atoms with Gasteiger partial charge in [0.25, 0.3) is 0 Å². The van der Waals surface area contributed by atoms with Gasteiger partial charge in [-0.3, -0.25) is 14.5 Å². The Kier molecular flexibility index (Phi) is 9.95. The minimum absolute atomic E-state index is 0.114. The van der Waals surface area contributed by atoms with Crippen molar-refractivity contribution in [2.45, 2.75) is 51.3 Å². The second-order valence-corrected chi connectivity index (χ2v) is 13.6. The molecule has 0 aliphatic heterocycles. The smallest absolute Gasteiger partial charge is 0.410 e. The average Bonchev–Trinajstić information content (AvgIpc) is 3.62. The van der Waals surface area contributed by atoms with Crippen molar-refractivity contribution < 1.29 is 28.6 Å². The number of hydrogen-bond acceptors (Lipinski definition) is 6. The van der Waals surface area contributed by atoms with E-state index in [1.54, 1.807) is 34.9 Å². The van der Waals surface area contributed by atoms with Crippen LogP contribution in [0.25, 0.3) is 22.0 Å². The van der Waals surface area contributed by atoms with E-state index < -0.39 is 29.6 Å². The van der Waals surface area contributed by atoms with Crippen molar-refractivity contribution in [1.82, 2.24) is 14.8 Å². The van der Waals surface area contributed by atoms with Crippen molar-refractivity contribution in [2.75, 3.05) is 27.3 Å². The zero-order valence-electron chi connectivity index (χ0n) is 29.1. The van der Waals surface area contributed by atoms with E-state index in [1.807, 2.05) is 79.0 Å². The van der Waals surface area contributed by atoms with Crippen molar-refractivity contribution in [3.63, 3.8) is 0 Å². The lowest BCUT2D eigenvalue weighted by molar-refractivity contribution is -0.154. The first-order chi connectivity index (χ1) is 24.0. The van der Waals surface area contributed by atoms with Gasteiger partial charge in [-0.05, 0) is 72.4 Å². The number of fused-ring (bicyclic) bond motifs is 4. The van der Waals surface area contributed by atoms with Gasteiger partial charge in [0, 0.05) is 43.0 Å². The Morgan fingerprint density at radius 3 is 2.22 bits per heavy atom. The topological polar surface area (TPSA) is 99.1 Å². The molecule has 6 rings (SSSR count). The maximum absolute atomic E-state index is 13.9. The monoisotopic (exact) mass is 673 g/mol. The first-order valence-corrected chi connectivity index (χ1v) is 16.8. The molecule has 1 aromatic heterocycles. The third-order valence-electron chi connectivity index (χ3n) is 8.99. The lowest BCUT2D eigenvalue weighted by atomic mass is 9.98. The number of benzene rings is 4. The van der Waals surface area contributed by atoms with Crippen LogP contribution in [0.2, 0.25) is 0 Å². The quantitative estimate of drug-likeness (QED) is 0.153. The highest BCUT2D eigenvalue weighted by molar-refractivity contribution is 5.90. The van der Waals surface area contributed by atoms with E-state index in [1.165, 1.54) is 4.90 Å². The largest absolute Gasteiger partial charge is 0.497 e. The van der Waals surface area contributed by atoms with Crippen LogP contribution in [-0.4, -0.2) is 66.4 Å². The van der Waals surface area contributed by atoms with E-state index in [0.717, 1.165) is 50.0 Å². The van der Waals surface area contributed by atoms with Gasteiger partial charge in [-0.2, -0.15) is 0 Å². The Labute approximate surface area is 292 Å². The molecule has 2 amide bonds. The molecule has 258 valence electrons. The van der Waals surface area contributed by atoms with Crippen molar-refractivity contribution in [3.05, 3.63) is 126 Å². The van der Waals surface area contributed by atoms with Crippen molar-refractivity contribution in [2.24, 2.45) is 0 Å². The number of methoxy groups -OCH3 is 1.